The molecule has 0 aliphatic rings. The molecule has 0 spiro atoms. The van der Waals surface area contributed by atoms with Crippen LogP contribution in [0.15, 0.2) is 30.3 Å². The van der Waals surface area contributed by atoms with Crippen LogP contribution in [0.1, 0.15) is 0 Å². The Labute approximate surface area is 81.0 Å². The second-order valence-electron chi connectivity index (χ2n) is 3.08. The highest BCUT2D eigenvalue weighted by molar-refractivity contribution is 5.62. The van der Waals surface area contributed by atoms with Crippen molar-refractivity contribution in [2.24, 2.45) is 7.05 Å². The van der Waals surface area contributed by atoms with Crippen LogP contribution in [0.25, 0.3) is 11.3 Å². The number of nitrogen functional groups attached to an aromatic ring is 1. The molecule has 2 N–H and O–H groups in total. The van der Waals surface area contributed by atoms with Crippen molar-refractivity contribution >= 4 is 5.82 Å². The van der Waals surface area contributed by atoms with E-state index in [1.807, 2.05) is 0 Å². The first kappa shape index (κ1) is 8.74. The van der Waals surface area contributed by atoms with Crippen LogP contribution in [0, 0.1) is 5.82 Å². The topological polar surface area (TPSA) is 43.8 Å². The number of halogens is 1. The molecule has 0 aliphatic carbocycles. The number of rotatable bonds is 1. The van der Waals surface area contributed by atoms with Gasteiger partial charge < -0.3 is 5.73 Å². The first-order chi connectivity index (χ1) is 6.66. The molecule has 0 bridgehead atoms. The van der Waals surface area contributed by atoms with Gasteiger partial charge in [0, 0.05) is 18.7 Å². The van der Waals surface area contributed by atoms with Crippen LogP contribution in [0.3, 0.4) is 0 Å². The molecule has 0 saturated heterocycles. The maximum absolute atomic E-state index is 12.6. The van der Waals surface area contributed by atoms with Gasteiger partial charge in [0.2, 0.25) is 0 Å². The lowest BCUT2D eigenvalue weighted by Crippen LogP contribution is -1.96. The van der Waals surface area contributed by atoms with Crippen molar-refractivity contribution in [3.05, 3.63) is 36.1 Å². The summed E-state index contributed by atoms with van der Waals surface area (Å²) in [5.41, 5.74) is 7.25. The lowest BCUT2D eigenvalue weighted by molar-refractivity contribution is 0.628. The van der Waals surface area contributed by atoms with Crippen molar-refractivity contribution in [1.82, 2.24) is 9.78 Å². The maximum atomic E-state index is 12.6. The van der Waals surface area contributed by atoms with E-state index in [-0.39, 0.29) is 5.82 Å². The smallest absolute Gasteiger partial charge is 0.123 e. The van der Waals surface area contributed by atoms with Crippen molar-refractivity contribution < 1.29 is 4.39 Å². The Bertz CT molecular complexity index is 425. The second-order valence-corrected chi connectivity index (χ2v) is 3.08. The van der Waals surface area contributed by atoms with Gasteiger partial charge in [0.25, 0.3) is 0 Å². The zero-order chi connectivity index (χ0) is 10.1. The third-order valence-corrected chi connectivity index (χ3v) is 2.06. The van der Waals surface area contributed by atoms with Gasteiger partial charge in [-0.25, -0.2) is 4.39 Å². The molecule has 0 atom stereocenters. The molecule has 72 valence electrons. The van der Waals surface area contributed by atoms with Gasteiger partial charge in [-0.15, -0.1) is 0 Å². The Balaban J connectivity index is 2.44. The highest BCUT2D eigenvalue weighted by Gasteiger charge is 2.03. The number of aromatic nitrogens is 2. The van der Waals surface area contributed by atoms with Gasteiger partial charge in [-0.3, -0.25) is 4.68 Å². The SMILES string of the molecule is Cn1nc(-c2ccc(F)cc2)cc1N. The average Bonchev–Trinajstić information content (AvgIpc) is 2.48. The van der Waals surface area contributed by atoms with E-state index in [4.69, 9.17) is 5.73 Å². The zero-order valence-corrected chi connectivity index (χ0v) is 7.74. The molecule has 0 aliphatic heterocycles. The van der Waals surface area contributed by atoms with Crippen molar-refractivity contribution in [3.8, 4) is 11.3 Å². The fourth-order valence-corrected chi connectivity index (χ4v) is 1.24. The number of aryl methyl sites for hydroxylation is 1. The van der Waals surface area contributed by atoms with E-state index in [0.29, 0.717) is 5.82 Å². The van der Waals surface area contributed by atoms with Crippen LogP contribution in [-0.4, -0.2) is 9.78 Å². The molecule has 14 heavy (non-hydrogen) atoms. The van der Waals surface area contributed by atoms with Crippen LogP contribution in [-0.2, 0) is 7.05 Å². The Kier molecular flexibility index (Phi) is 1.96. The van der Waals surface area contributed by atoms with Crippen molar-refractivity contribution in [2.75, 3.05) is 5.73 Å². The molecule has 1 aromatic carbocycles. The van der Waals surface area contributed by atoms with Crippen molar-refractivity contribution in [3.63, 3.8) is 0 Å². The summed E-state index contributed by atoms with van der Waals surface area (Å²) in [6.45, 7) is 0. The minimum Gasteiger partial charge on any atom is -0.384 e. The summed E-state index contributed by atoms with van der Waals surface area (Å²) in [7, 11) is 1.77. The second kappa shape index (κ2) is 3.14. The average molecular weight is 191 g/mol. The van der Waals surface area contributed by atoms with E-state index in [2.05, 4.69) is 5.10 Å². The molecule has 2 rings (SSSR count). The molecule has 2 aromatic rings. The number of nitrogens with zero attached hydrogens (tertiary/aromatic N) is 2. The van der Waals surface area contributed by atoms with Crippen LogP contribution in [0.5, 0.6) is 0 Å². The molecule has 4 heteroatoms. The zero-order valence-electron chi connectivity index (χ0n) is 7.74. The van der Waals surface area contributed by atoms with Crippen molar-refractivity contribution in [1.29, 1.82) is 0 Å². The number of benzene rings is 1. The number of nitrogens with two attached hydrogens (primary N) is 1. The lowest BCUT2D eigenvalue weighted by Gasteiger charge is -1.94. The Morgan fingerprint density at radius 1 is 1.29 bits per heavy atom. The summed E-state index contributed by atoms with van der Waals surface area (Å²) in [5, 5.41) is 4.18. The van der Waals surface area contributed by atoms with E-state index >= 15 is 0 Å². The first-order valence-corrected chi connectivity index (χ1v) is 4.22. The van der Waals surface area contributed by atoms with Crippen LogP contribution >= 0.6 is 0 Å². The summed E-state index contributed by atoms with van der Waals surface area (Å²) >= 11 is 0. The van der Waals surface area contributed by atoms with Gasteiger partial charge in [0.1, 0.15) is 11.6 Å². The summed E-state index contributed by atoms with van der Waals surface area (Å²) in [6.07, 6.45) is 0. The quantitative estimate of drug-likeness (QED) is 0.747. The summed E-state index contributed by atoms with van der Waals surface area (Å²) in [4.78, 5) is 0. The molecule has 3 nitrogen and oxygen atoms in total. The standard InChI is InChI=1S/C10H10FN3/c1-14-10(12)6-9(13-14)7-2-4-8(11)5-3-7/h2-6H,12H2,1H3. The van der Waals surface area contributed by atoms with Gasteiger partial charge in [-0.2, -0.15) is 5.10 Å². The monoisotopic (exact) mass is 191 g/mol. The van der Waals surface area contributed by atoms with Gasteiger partial charge in [-0.1, -0.05) is 0 Å². The number of hydrogen-bond donors (Lipinski definition) is 1. The summed E-state index contributed by atoms with van der Waals surface area (Å²) in [6, 6.07) is 7.92. The third-order valence-electron chi connectivity index (χ3n) is 2.06. The van der Waals surface area contributed by atoms with Crippen LogP contribution in [0.2, 0.25) is 0 Å². The summed E-state index contributed by atoms with van der Waals surface area (Å²) in [5.74, 6) is 0.335. The maximum Gasteiger partial charge on any atom is 0.123 e. The minimum atomic E-state index is -0.252. The molecule has 1 aromatic heterocycles. The van der Waals surface area contributed by atoms with E-state index in [1.165, 1.54) is 12.1 Å². The fraction of sp³-hybridized carbons (Fsp3) is 0.100. The van der Waals surface area contributed by atoms with Gasteiger partial charge in [0.05, 0.1) is 5.69 Å². The molecule has 0 fully saturated rings. The van der Waals surface area contributed by atoms with E-state index in [0.717, 1.165) is 11.3 Å². The lowest BCUT2D eigenvalue weighted by atomic mass is 10.1. The van der Waals surface area contributed by atoms with Crippen LogP contribution < -0.4 is 5.73 Å². The van der Waals surface area contributed by atoms with Gasteiger partial charge in [0.15, 0.2) is 0 Å². The minimum absolute atomic E-state index is 0.252. The Morgan fingerprint density at radius 3 is 2.43 bits per heavy atom. The van der Waals surface area contributed by atoms with Crippen molar-refractivity contribution in [2.45, 2.75) is 0 Å². The normalized spacial score (nSPS) is 10.4. The Morgan fingerprint density at radius 2 is 1.93 bits per heavy atom. The molecule has 0 radical (unpaired) electrons. The summed E-state index contributed by atoms with van der Waals surface area (Å²) < 4.78 is 14.2. The Hall–Kier alpha value is -1.84. The third kappa shape index (κ3) is 1.46. The molecular weight excluding hydrogens is 181 g/mol. The molecule has 0 amide bonds. The highest BCUT2D eigenvalue weighted by Crippen LogP contribution is 2.19. The van der Waals surface area contributed by atoms with Gasteiger partial charge >= 0.3 is 0 Å². The largest absolute Gasteiger partial charge is 0.384 e. The van der Waals surface area contributed by atoms with E-state index in [9.17, 15) is 4.39 Å². The van der Waals surface area contributed by atoms with E-state index in [1.54, 1.807) is 29.9 Å². The highest BCUT2D eigenvalue weighted by atomic mass is 19.1. The van der Waals surface area contributed by atoms with Gasteiger partial charge in [-0.05, 0) is 24.3 Å². The first-order valence-electron chi connectivity index (χ1n) is 4.22. The molecule has 1 heterocycles. The predicted octanol–water partition coefficient (Wildman–Crippen LogP) is 1.81. The fourth-order valence-electron chi connectivity index (χ4n) is 1.24. The number of anilines is 1. The van der Waals surface area contributed by atoms with E-state index < -0.39 is 0 Å². The molecule has 0 unspecified atom stereocenters. The molecule has 0 saturated carbocycles. The number of hydrogen-bond acceptors (Lipinski definition) is 2. The van der Waals surface area contributed by atoms with Crippen LogP contribution in [0.4, 0.5) is 10.2 Å². The molecular formula is C10H10FN3. The predicted molar refractivity (Wildman–Crippen MR) is 53.0 cm³/mol.